The molecule has 16 heteroatoms. The molecule has 12 N–H and O–H groups in total. The second-order valence-corrected chi connectivity index (χ2v) is 8.10. The van der Waals surface area contributed by atoms with Gasteiger partial charge in [-0.25, -0.2) is 0 Å². The molecule has 0 aromatic rings. The minimum absolute atomic E-state index is 0.777. The van der Waals surface area contributed by atoms with Gasteiger partial charge in [0.05, 0.1) is 26.4 Å². The van der Waals surface area contributed by atoms with E-state index in [1.807, 2.05) is 0 Å². The maximum Gasteiger partial charge on any atom is 0.187 e. The zero-order valence-corrected chi connectivity index (χ0v) is 17.9. The van der Waals surface area contributed by atoms with Crippen molar-refractivity contribution in [1.29, 1.82) is 0 Å². The summed E-state index contributed by atoms with van der Waals surface area (Å²) < 4.78 is 21.1. The number of aliphatic hydroxyl groups is 12. The molecule has 2 saturated heterocycles. The van der Waals surface area contributed by atoms with Gasteiger partial charge in [-0.1, -0.05) is 0 Å². The van der Waals surface area contributed by atoms with Gasteiger partial charge in [0.15, 0.2) is 12.6 Å². The van der Waals surface area contributed by atoms with E-state index >= 15 is 0 Å². The van der Waals surface area contributed by atoms with Crippen LogP contribution in [-0.2, 0) is 18.9 Å². The normalized spacial score (nSPS) is 42.7. The van der Waals surface area contributed by atoms with E-state index < -0.39 is 112 Å². The van der Waals surface area contributed by atoms with E-state index in [0.29, 0.717) is 0 Å². The van der Waals surface area contributed by atoms with Crippen LogP contribution >= 0.6 is 0 Å². The molecule has 2 aliphatic rings. The molecule has 0 radical (unpaired) electrons. The van der Waals surface area contributed by atoms with E-state index in [1.165, 1.54) is 0 Å². The molecule has 0 unspecified atom stereocenters. The van der Waals surface area contributed by atoms with Crippen LogP contribution in [0.25, 0.3) is 0 Å². The molecule has 2 heterocycles. The van der Waals surface area contributed by atoms with E-state index in [4.69, 9.17) is 24.1 Å². The van der Waals surface area contributed by atoms with Crippen molar-refractivity contribution >= 4 is 0 Å². The molecule has 0 aromatic carbocycles. The van der Waals surface area contributed by atoms with Gasteiger partial charge in [-0.2, -0.15) is 0 Å². The monoisotopic (exact) mass is 506 g/mol. The molecule has 14 atom stereocenters. The average Bonchev–Trinajstić information content (AvgIpc) is 2.84. The molecule has 0 aliphatic carbocycles. The van der Waals surface area contributed by atoms with Crippen LogP contribution in [0.3, 0.4) is 0 Å². The van der Waals surface area contributed by atoms with E-state index in [-0.39, 0.29) is 0 Å². The summed E-state index contributed by atoms with van der Waals surface area (Å²) in [6.45, 7) is -3.55. The maximum atomic E-state index is 10.7. The highest BCUT2D eigenvalue weighted by Crippen LogP contribution is 2.30. The quantitative estimate of drug-likeness (QED) is 0.124. The van der Waals surface area contributed by atoms with Crippen molar-refractivity contribution in [2.75, 3.05) is 26.4 Å². The van der Waals surface area contributed by atoms with E-state index in [2.05, 4.69) is 0 Å². The summed E-state index contributed by atoms with van der Waals surface area (Å²) in [4.78, 5) is 0. The summed E-state index contributed by atoms with van der Waals surface area (Å²) in [5.41, 5.74) is 0. The van der Waals surface area contributed by atoms with E-state index in [9.17, 15) is 56.2 Å². The Morgan fingerprint density at radius 1 is 0.618 bits per heavy atom. The predicted octanol–water partition coefficient (Wildman–Crippen LogP) is -7.94. The van der Waals surface area contributed by atoms with Crippen LogP contribution in [0.5, 0.6) is 0 Å². The first-order chi connectivity index (χ1) is 16.0. The lowest BCUT2D eigenvalue weighted by Crippen LogP contribution is -2.65. The van der Waals surface area contributed by atoms with Crippen LogP contribution in [0, 0.1) is 0 Å². The molecule has 0 saturated carbocycles. The van der Waals surface area contributed by atoms with Gasteiger partial charge in [-0.15, -0.1) is 0 Å². The molecule has 2 aliphatic heterocycles. The molecule has 0 bridgehead atoms. The number of rotatable bonds is 11. The molecule has 16 nitrogen and oxygen atoms in total. The van der Waals surface area contributed by atoms with Crippen molar-refractivity contribution in [1.82, 2.24) is 0 Å². The van der Waals surface area contributed by atoms with Crippen molar-refractivity contribution < 1.29 is 80.2 Å². The number of ether oxygens (including phenoxy) is 4. The highest BCUT2D eigenvalue weighted by molar-refractivity contribution is 4.95. The number of hydrogen-bond donors (Lipinski definition) is 12. The van der Waals surface area contributed by atoms with Crippen molar-refractivity contribution in [3.05, 3.63) is 0 Å². The van der Waals surface area contributed by atoms with Gasteiger partial charge in [0, 0.05) is 0 Å². The van der Waals surface area contributed by atoms with Crippen LogP contribution in [-0.4, -0.2) is 174 Å². The average molecular weight is 506 g/mol. The summed E-state index contributed by atoms with van der Waals surface area (Å²) in [5.74, 6) is 0. The van der Waals surface area contributed by atoms with Crippen molar-refractivity contribution in [3.8, 4) is 0 Å². The van der Waals surface area contributed by atoms with E-state index in [1.54, 1.807) is 0 Å². The minimum Gasteiger partial charge on any atom is -0.394 e. The Balaban J connectivity index is 2.24. The topological polar surface area (TPSA) is 280 Å². The third-order valence-electron chi connectivity index (χ3n) is 5.74. The van der Waals surface area contributed by atoms with Crippen LogP contribution in [0.2, 0.25) is 0 Å². The molecule has 2 rings (SSSR count). The summed E-state index contributed by atoms with van der Waals surface area (Å²) in [6, 6.07) is 0. The molecule has 0 aromatic heterocycles. The predicted molar refractivity (Wildman–Crippen MR) is 103 cm³/mol. The third kappa shape index (κ3) is 6.37. The summed E-state index contributed by atoms with van der Waals surface area (Å²) >= 11 is 0. The van der Waals surface area contributed by atoms with Crippen LogP contribution in [0.1, 0.15) is 0 Å². The molecule has 202 valence electrons. The fraction of sp³-hybridized carbons (Fsp3) is 1.00. The Kier molecular flexibility index (Phi) is 11.4. The van der Waals surface area contributed by atoms with E-state index in [0.717, 1.165) is 0 Å². The minimum atomic E-state index is -1.98. The molecule has 0 amide bonds. The fourth-order valence-corrected chi connectivity index (χ4v) is 3.65. The lowest BCUT2D eigenvalue weighted by Gasteiger charge is -2.46. The number of aliphatic hydroxyl groups excluding tert-OH is 12. The van der Waals surface area contributed by atoms with Gasteiger partial charge < -0.3 is 80.2 Å². The van der Waals surface area contributed by atoms with Crippen LogP contribution in [0.4, 0.5) is 0 Å². The van der Waals surface area contributed by atoms with Gasteiger partial charge >= 0.3 is 0 Å². The first-order valence-electron chi connectivity index (χ1n) is 10.5. The molecular weight excluding hydrogens is 472 g/mol. The fourth-order valence-electron chi connectivity index (χ4n) is 3.65. The van der Waals surface area contributed by atoms with Gasteiger partial charge in [0.1, 0.15) is 73.2 Å². The zero-order valence-electron chi connectivity index (χ0n) is 17.9. The second-order valence-electron chi connectivity index (χ2n) is 8.10. The highest BCUT2D eigenvalue weighted by atomic mass is 16.7. The van der Waals surface area contributed by atoms with Crippen molar-refractivity contribution in [2.45, 2.75) is 85.8 Å². The summed E-state index contributed by atoms with van der Waals surface area (Å²) in [5, 5.41) is 118. The first-order valence-corrected chi connectivity index (χ1v) is 10.5. The van der Waals surface area contributed by atoms with Crippen molar-refractivity contribution in [2.24, 2.45) is 0 Å². The SMILES string of the molecule is OC[C@@H](O)[C@@H](O[C@@H]1O[C@H](CO)[C@H](O)[C@H](O[C@@H]2O[C@H](CO)[C@H](O)[C@H](O)[C@H]2O)[C@H]1O)[C@H](O)[C@@H](O)CO. The Hall–Kier alpha value is -0.640. The standard InChI is InChI=1S/C18H34O16/c19-1-5(23)9(25)15(6(24)2-20)33-18-14(30)16(11(27)8(4-22)32-18)34-17-13(29)12(28)10(26)7(3-21)31-17/h5-30H,1-4H2/t5-,6+,7+,8+,9+,10-,11-,12-,13+,14+,15+,16-,17-,18-/m0/s1. The zero-order chi connectivity index (χ0) is 25.7. The Bertz CT molecular complexity index is 596. The third-order valence-corrected chi connectivity index (χ3v) is 5.74. The van der Waals surface area contributed by atoms with Gasteiger partial charge in [0.25, 0.3) is 0 Å². The lowest BCUT2D eigenvalue weighted by molar-refractivity contribution is -0.369. The molecule has 2 fully saturated rings. The first kappa shape index (κ1) is 29.6. The Labute approximate surface area is 193 Å². The molecular formula is C18H34O16. The lowest BCUT2D eigenvalue weighted by atomic mass is 9.96. The van der Waals surface area contributed by atoms with Gasteiger partial charge in [-0.3, -0.25) is 0 Å². The van der Waals surface area contributed by atoms with Gasteiger partial charge in [-0.05, 0) is 0 Å². The molecule has 34 heavy (non-hydrogen) atoms. The number of hydrogen-bond acceptors (Lipinski definition) is 16. The smallest absolute Gasteiger partial charge is 0.187 e. The molecule has 0 spiro atoms. The van der Waals surface area contributed by atoms with Gasteiger partial charge in [0.2, 0.25) is 0 Å². The highest BCUT2D eigenvalue weighted by Gasteiger charge is 2.52. The van der Waals surface area contributed by atoms with Crippen LogP contribution < -0.4 is 0 Å². The largest absolute Gasteiger partial charge is 0.394 e. The second kappa shape index (κ2) is 13.1. The van der Waals surface area contributed by atoms with Crippen LogP contribution in [0.15, 0.2) is 0 Å². The summed E-state index contributed by atoms with van der Waals surface area (Å²) in [7, 11) is 0. The Morgan fingerprint density at radius 2 is 1.15 bits per heavy atom. The maximum absolute atomic E-state index is 10.7. The van der Waals surface area contributed by atoms with Crippen molar-refractivity contribution in [3.63, 3.8) is 0 Å². The Morgan fingerprint density at radius 3 is 1.68 bits per heavy atom. The summed E-state index contributed by atoms with van der Waals surface area (Å²) in [6.07, 6.45) is -24.9.